The normalized spacial score (nSPS) is 26.8. The lowest BCUT2D eigenvalue weighted by molar-refractivity contribution is 0.271. The van der Waals surface area contributed by atoms with E-state index in [0.717, 1.165) is 24.3 Å². The first kappa shape index (κ1) is 15.1. The summed E-state index contributed by atoms with van der Waals surface area (Å²) in [5.74, 6) is 1.81. The van der Waals surface area contributed by atoms with Gasteiger partial charge in [0, 0.05) is 31.2 Å². The zero-order chi connectivity index (χ0) is 16.0. The van der Waals surface area contributed by atoms with E-state index in [-0.39, 0.29) is 0 Å². The molecule has 0 saturated carbocycles. The number of fused-ring (bicyclic) bond motifs is 1. The second-order valence-electron chi connectivity index (χ2n) is 7.47. The van der Waals surface area contributed by atoms with Crippen LogP contribution < -0.4 is 0 Å². The maximum atomic E-state index is 5.01. The predicted octanol–water partition coefficient (Wildman–Crippen LogP) is 2.51. The molecule has 2 aliphatic rings. The third-order valence-corrected chi connectivity index (χ3v) is 5.52. The number of imidazole rings is 1. The first-order chi connectivity index (χ1) is 11.1. The van der Waals surface area contributed by atoms with Crippen LogP contribution in [0.5, 0.6) is 0 Å². The number of pyridine rings is 1. The van der Waals surface area contributed by atoms with Crippen molar-refractivity contribution in [3.63, 3.8) is 0 Å². The molecule has 0 aromatic carbocycles. The average molecular weight is 313 g/mol. The van der Waals surface area contributed by atoms with Crippen LogP contribution in [-0.4, -0.2) is 63.6 Å². The second-order valence-corrected chi connectivity index (χ2v) is 7.47. The summed E-state index contributed by atoms with van der Waals surface area (Å²) in [6.45, 7) is 9.17. The monoisotopic (exact) mass is 313 g/mol. The molecule has 4 heterocycles. The van der Waals surface area contributed by atoms with E-state index in [1.54, 1.807) is 0 Å². The van der Waals surface area contributed by atoms with Crippen molar-refractivity contribution >= 4 is 11.2 Å². The summed E-state index contributed by atoms with van der Waals surface area (Å²) in [6.07, 6.45) is 4.31. The minimum absolute atomic E-state index is 0.517. The first-order valence-electron chi connectivity index (χ1n) is 8.89. The Morgan fingerprint density at radius 2 is 2.04 bits per heavy atom. The Labute approximate surface area is 138 Å². The highest BCUT2D eigenvalue weighted by atomic mass is 15.2. The first-order valence-corrected chi connectivity index (χ1v) is 8.89. The molecule has 124 valence electrons. The van der Waals surface area contributed by atoms with Gasteiger partial charge < -0.3 is 14.4 Å². The Morgan fingerprint density at radius 3 is 2.74 bits per heavy atom. The lowest BCUT2D eigenvalue weighted by Crippen LogP contribution is -2.28. The van der Waals surface area contributed by atoms with Crippen molar-refractivity contribution in [3.05, 3.63) is 24.2 Å². The van der Waals surface area contributed by atoms with Gasteiger partial charge in [0.15, 0.2) is 5.65 Å². The zero-order valence-corrected chi connectivity index (χ0v) is 14.4. The Bertz CT molecular complexity index is 692. The van der Waals surface area contributed by atoms with Crippen LogP contribution in [0.1, 0.15) is 44.5 Å². The van der Waals surface area contributed by atoms with Crippen LogP contribution in [0, 0.1) is 0 Å². The van der Waals surface area contributed by atoms with Gasteiger partial charge in [0.05, 0.1) is 6.04 Å². The molecule has 2 fully saturated rings. The highest BCUT2D eigenvalue weighted by Gasteiger charge is 2.33. The van der Waals surface area contributed by atoms with Gasteiger partial charge in [-0.3, -0.25) is 0 Å². The minimum atomic E-state index is 0.517. The van der Waals surface area contributed by atoms with Crippen LogP contribution in [0.2, 0.25) is 0 Å². The van der Waals surface area contributed by atoms with Gasteiger partial charge in [-0.1, -0.05) is 0 Å². The summed E-state index contributed by atoms with van der Waals surface area (Å²) in [4.78, 5) is 14.7. The molecule has 4 rings (SSSR count). The quantitative estimate of drug-likeness (QED) is 0.872. The van der Waals surface area contributed by atoms with Crippen LogP contribution in [0.25, 0.3) is 11.2 Å². The van der Waals surface area contributed by atoms with Gasteiger partial charge in [-0.25, -0.2) is 9.97 Å². The fourth-order valence-electron chi connectivity index (χ4n) is 4.18. The fourth-order valence-corrected chi connectivity index (χ4v) is 4.18. The summed E-state index contributed by atoms with van der Waals surface area (Å²) >= 11 is 0. The van der Waals surface area contributed by atoms with E-state index in [0.29, 0.717) is 18.0 Å². The summed E-state index contributed by atoms with van der Waals surface area (Å²) in [5, 5.41) is 0. The Kier molecular flexibility index (Phi) is 3.85. The largest absolute Gasteiger partial charge is 0.308 e. The molecule has 0 radical (unpaired) electrons. The number of nitrogens with zero attached hydrogens (tertiary/aromatic N) is 5. The van der Waals surface area contributed by atoms with Crippen molar-refractivity contribution < 1.29 is 0 Å². The van der Waals surface area contributed by atoms with Crippen LogP contribution in [0.15, 0.2) is 18.3 Å². The fraction of sp³-hybridized carbons (Fsp3) is 0.667. The maximum Gasteiger partial charge on any atom is 0.160 e. The number of aromatic nitrogens is 3. The lowest BCUT2D eigenvalue weighted by Gasteiger charge is -2.22. The molecule has 5 nitrogen and oxygen atoms in total. The number of hydrogen-bond acceptors (Lipinski definition) is 4. The summed E-state index contributed by atoms with van der Waals surface area (Å²) < 4.78 is 2.47. The molecule has 2 aromatic heterocycles. The van der Waals surface area contributed by atoms with Crippen molar-refractivity contribution in [1.82, 2.24) is 24.3 Å². The van der Waals surface area contributed by atoms with E-state index in [1.807, 2.05) is 12.3 Å². The molecular formula is C18H27N5. The third-order valence-electron chi connectivity index (χ3n) is 5.52. The molecule has 2 aromatic rings. The van der Waals surface area contributed by atoms with E-state index < -0.39 is 0 Å². The zero-order valence-electron chi connectivity index (χ0n) is 14.4. The van der Waals surface area contributed by atoms with Crippen molar-refractivity contribution in [2.75, 3.05) is 33.2 Å². The highest BCUT2D eigenvalue weighted by Crippen LogP contribution is 2.34. The van der Waals surface area contributed by atoms with E-state index in [2.05, 4.69) is 46.3 Å². The summed E-state index contributed by atoms with van der Waals surface area (Å²) in [7, 11) is 2.21. The lowest BCUT2D eigenvalue weighted by atomic mass is 10.1. The van der Waals surface area contributed by atoms with Gasteiger partial charge in [-0.2, -0.15) is 0 Å². The van der Waals surface area contributed by atoms with Gasteiger partial charge in [0.25, 0.3) is 0 Å². The molecular weight excluding hydrogens is 286 g/mol. The van der Waals surface area contributed by atoms with Crippen LogP contribution in [0.4, 0.5) is 0 Å². The Balaban J connectivity index is 1.74. The minimum Gasteiger partial charge on any atom is -0.308 e. The molecule has 23 heavy (non-hydrogen) atoms. The predicted molar refractivity (Wildman–Crippen MR) is 92.7 cm³/mol. The summed E-state index contributed by atoms with van der Waals surface area (Å²) in [5.41, 5.74) is 2.13. The second kappa shape index (κ2) is 5.87. The van der Waals surface area contributed by atoms with Crippen molar-refractivity contribution in [3.8, 4) is 0 Å². The number of hydrogen-bond donors (Lipinski definition) is 0. The Morgan fingerprint density at radius 1 is 1.17 bits per heavy atom. The van der Waals surface area contributed by atoms with E-state index in [9.17, 15) is 0 Å². The molecule has 0 spiro atoms. The molecule has 0 aliphatic carbocycles. The Hall–Kier alpha value is -1.46. The average Bonchev–Trinajstić information content (AvgIpc) is 3.23. The number of rotatable bonds is 3. The molecule has 0 bridgehead atoms. The SMILES string of the molecule is CC(C)N1CCC(c2nc3cccnc3n2C2CCN(C)C2)C1. The van der Waals surface area contributed by atoms with E-state index in [4.69, 9.17) is 4.98 Å². The van der Waals surface area contributed by atoms with Crippen LogP contribution >= 0.6 is 0 Å². The van der Waals surface area contributed by atoms with Gasteiger partial charge in [0.1, 0.15) is 11.3 Å². The van der Waals surface area contributed by atoms with Gasteiger partial charge in [0.2, 0.25) is 0 Å². The van der Waals surface area contributed by atoms with E-state index in [1.165, 1.54) is 31.8 Å². The highest BCUT2D eigenvalue weighted by molar-refractivity contribution is 5.71. The number of likely N-dealkylation sites (tertiary alicyclic amines) is 2. The van der Waals surface area contributed by atoms with Crippen molar-refractivity contribution in [2.45, 2.75) is 44.7 Å². The number of likely N-dealkylation sites (N-methyl/N-ethyl adjacent to an activating group) is 1. The molecule has 2 saturated heterocycles. The molecule has 2 unspecified atom stereocenters. The van der Waals surface area contributed by atoms with Gasteiger partial charge >= 0.3 is 0 Å². The molecule has 2 atom stereocenters. The molecule has 0 N–H and O–H groups in total. The summed E-state index contributed by atoms with van der Waals surface area (Å²) in [6, 6.07) is 5.24. The van der Waals surface area contributed by atoms with Crippen molar-refractivity contribution in [2.24, 2.45) is 0 Å². The standard InChI is InChI=1S/C18H27N5/c1-13(2)22-10-6-14(11-22)17-20-16-5-4-8-19-18(16)23(17)15-7-9-21(3)12-15/h4-5,8,13-15H,6-7,9-12H2,1-3H3. The van der Waals surface area contributed by atoms with Crippen molar-refractivity contribution in [1.29, 1.82) is 0 Å². The molecule has 5 heteroatoms. The maximum absolute atomic E-state index is 5.01. The molecule has 0 amide bonds. The smallest absolute Gasteiger partial charge is 0.160 e. The topological polar surface area (TPSA) is 37.2 Å². The van der Waals surface area contributed by atoms with Gasteiger partial charge in [-0.15, -0.1) is 0 Å². The van der Waals surface area contributed by atoms with Gasteiger partial charge in [-0.05, 0) is 59.0 Å². The van der Waals surface area contributed by atoms with Crippen LogP contribution in [-0.2, 0) is 0 Å². The van der Waals surface area contributed by atoms with Crippen LogP contribution in [0.3, 0.4) is 0 Å². The molecule has 2 aliphatic heterocycles. The third kappa shape index (κ3) is 2.66. The van der Waals surface area contributed by atoms with E-state index >= 15 is 0 Å².